The van der Waals surface area contributed by atoms with Crippen molar-refractivity contribution in [1.82, 2.24) is 10.3 Å². The maximum absolute atomic E-state index is 12.7. The summed E-state index contributed by atoms with van der Waals surface area (Å²) in [7, 11) is 2.87. The van der Waals surface area contributed by atoms with Gasteiger partial charge in [0.2, 0.25) is 0 Å². The molecule has 1 aromatic heterocycles. The van der Waals surface area contributed by atoms with Gasteiger partial charge < -0.3 is 29.4 Å². The molecule has 10 heteroatoms. The number of hydrogen-bond acceptors (Lipinski definition) is 8. The number of nitrogens with one attached hydrogen (secondary N) is 1. The summed E-state index contributed by atoms with van der Waals surface area (Å²) in [5, 5.41) is 13.0. The van der Waals surface area contributed by atoms with Crippen LogP contribution in [-0.4, -0.2) is 54.4 Å². The zero-order chi connectivity index (χ0) is 25.4. The van der Waals surface area contributed by atoms with Crippen LogP contribution in [0.5, 0.6) is 23.0 Å². The van der Waals surface area contributed by atoms with Gasteiger partial charge in [-0.15, -0.1) is 0 Å². The molecule has 0 aliphatic carbocycles. The minimum absolute atomic E-state index is 0.0940. The molecule has 0 unspecified atom stereocenters. The third-order valence-electron chi connectivity index (χ3n) is 4.96. The topological polar surface area (TPSA) is 116 Å². The molecule has 2 N–H and O–H groups in total. The highest BCUT2D eigenvalue weighted by atomic mass is 35.5. The first kappa shape index (κ1) is 27.0. The van der Waals surface area contributed by atoms with Crippen LogP contribution in [0.2, 0.25) is 5.02 Å². The van der Waals surface area contributed by atoms with Crippen LogP contribution in [0.1, 0.15) is 44.6 Å². The zero-order valence-electron chi connectivity index (χ0n) is 20.1. The van der Waals surface area contributed by atoms with Gasteiger partial charge in [-0.2, -0.15) is 0 Å². The Morgan fingerprint density at radius 3 is 2.38 bits per heavy atom. The van der Waals surface area contributed by atoms with Crippen LogP contribution in [0.3, 0.4) is 0 Å². The van der Waals surface area contributed by atoms with E-state index in [4.69, 9.17) is 30.5 Å². The number of aromatic nitrogens is 1. The van der Waals surface area contributed by atoms with E-state index in [2.05, 4.69) is 10.3 Å². The molecule has 34 heavy (non-hydrogen) atoms. The van der Waals surface area contributed by atoms with Gasteiger partial charge in [0.25, 0.3) is 5.91 Å². The molecule has 1 aromatic carbocycles. The number of aromatic hydroxyl groups is 1. The summed E-state index contributed by atoms with van der Waals surface area (Å²) in [6.45, 7) is 7.27. The number of methoxy groups -OCH3 is 2. The average molecular weight is 495 g/mol. The zero-order valence-corrected chi connectivity index (χ0v) is 20.9. The molecule has 2 rings (SSSR count). The first-order valence-corrected chi connectivity index (χ1v) is 11.2. The Labute approximate surface area is 204 Å². The van der Waals surface area contributed by atoms with Gasteiger partial charge in [-0.3, -0.25) is 4.79 Å². The van der Waals surface area contributed by atoms with Gasteiger partial charge in [0.05, 0.1) is 19.2 Å². The van der Waals surface area contributed by atoms with Crippen molar-refractivity contribution in [2.45, 2.75) is 52.4 Å². The second kappa shape index (κ2) is 12.3. The Morgan fingerprint density at radius 1 is 1.09 bits per heavy atom. The third-order valence-corrected chi connectivity index (χ3v) is 5.27. The fourth-order valence-corrected chi connectivity index (χ4v) is 3.34. The van der Waals surface area contributed by atoms with E-state index in [0.717, 1.165) is 0 Å². The van der Waals surface area contributed by atoms with Crippen molar-refractivity contribution >= 4 is 23.5 Å². The van der Waals surface area contributed by atoms with Crippen LogP contribution < -0.4 is 19.5 Å². The monoisotopic (exact) mass is 494 g/mol. The molecule has 0 radical (unpaired) electrons. The van der Waals surface area contributed by atoms with E-state index in [-0.39, 0.29) is 17.4 Å². The first-order valence-electron chi connectivity index (χ1n) is 10.8. The van der Waals surface area contributed by atoms with Gasteiger partial charge in [0.1, 0.15) is 29.7 Å². The molecule has 3 atom stereocenters. The smallest absolute Gasteiger partial charge is 0.328 e. The first-order chi connectivity index (χ1) is 16.1. The number of esters is 1. The fraction of sp³-hybridized carbons (Fsp3) is 0.458. The maximum Gasteiger partial charge on any atom is 0.328 e. The lowest BCUT2D eigenvalue weighted by molar-refractivity contribution is -0.155. The third kappa shape index (κ3) is 7.15. The molecular formula is C24H31ClN2O7. The van der Waals surface area contributed by atoms with Crippen molar-refractivity contribution in [2.75, 3.05) is 14.2 Å². The van der Waals surface area contributed by atoms with Crippen LogP contribution in [-0.2, 0) is 9.53 Å². The minimum atomic E-state index is -1.00. The van der Waals surface area contributed by atoms with Crippen molar-refractivity contribution in [3.63, 3.8) is 0 Å². The Bertz CT molecular complexity index is 999. The van der Waals surface area contributed by atoms with Crippen molar-refractivity contribution in [1.29, 1.82) is 0 Å². The highest BCUT2D eigenvalue weighted by Crippen LogP contribution is 2.30. The lowest BCUT2D eigenvalue weighted by atomic mass is 10.0. The van der Waals surface area contributed by atoms with E-state index in [1.54, 1.807) is 25.1 Å². The Balaban J connectivity index is 2.07. The minimum Gasteiger partial charge on any atom is -0.503 e. The van der Waals surface area contributed by atoms with E-state index in [1.165, 1.54) is 33.4 Å². The number of amides is 1. The van der Waals surface area contributed by atoms with E-state index < -0.39 is 35.9 Å². The molecule has 0 saturated heterocycles. The SMILES string of the molecule is COc1cc(O[C@H](CC(C)C)[C@H](C)OC(=O)[C@H](C)NC(=O)c2nccc(OC)c2O)ccc1Cl. The molecular weight excluding hydrogens is 464 g/mol. The van der Waals surface area contributed by atoms with Gasteiger partial charge in [0.15, 0.2) is 17.2 Å². The van der Waals surface area contributed by atoms with Crippen LogP contribution in [0.25, 0.3) is 0 Å². The van der Waals surface area contributed by atoms with Gasteiger partial charge in [-0.1, -0.05) is 25.4 Å². The van der Waals surface area contributed by atoms with Crippen LogP contribution >= 0.6 is 11.6 Å². The molecule has 0 aliphatic heterocycles. The second-order valence-electron chi connectivity index (χ2n) is 8.13. The average Bonchev–Trinajstić information content (AvgIpc) is 2.79. The lowest BCUT2D eigenvalue weighted by Crippen LogP contribution is -2.43. The summed E-state index contributed by atoms with van der Waals surface area (Å²) < 4.78 is 21.9. The largest absolute Gasteiger partial charge is 0.503 e. The van der Waals surface area contributed by atoms with Crippen molar-refractivity contribution in [3.8, 4) is 23.0 Å². The van der Waals surface area contributed by atoms with Crippen molar-refractivity contribution in [2.24, 2.45) is 5.92 Å². The predicted octanol–water partition coefficient (Wildman–Crippen LogP) is 4.00. The summed E-state index contributed by atoms with van der Waals surface area (Å²) in [5.74, 6) is -0.462. The number of benzene rings is 1. The maximum atomic E-state index is 12.7. The van der Waals surface area contributed by atoms with Crippen LogP contribution in [0.4, 0.5) is 0 Å². The number of pyridine rings is 1. The molecule has 0 fully saturated rings. The van der Waals surface area contributed by atoms with Crippen LogP contribution in [0, 0.1) is 5.92 Å². The molecule has 2 aromatic rings. The molecule has 0 bridgehead atoms. The molecule has 0 aliphatic rings. The fourth-order valence-electron chi connectivity index (χ4n) is 3.14. The van der Waals surface area contributed by atoms with E-state index in [9.17, 15) is 14.7 Å². The molecule has 0 saturated carbocycles. The number of nitrogens with zero attached hydrogens (tertiary/aromatic N) is 1. The summed E-state index contributed by atoms with van der Waals surface area (Å²) in [4.78, 5) is 29.0. The quantitative estimate of drug-likeness (QED) is 0.450. The molecule has 0 spiro atoms. The van der Waals surface area contributed by atoms with Gasteiger partial charge in [-0.25, -0.2) is 9.78 Å². The number of halogens is 1. The Kier molecular flexibility index (Phi) is 9.80. The van der Waals surface area contributed by atoms with Gasteiger partial charge >= 0.3 is 5.97 Å². The highest BCUT2D eigenvalue weighted by Gasteiger charge is 2.28. The summed E-state index contributed by atoms with van der Waals surface area (Å²) >= 11 is 6.08. The number of carbonyl (C=O) groups is 2. The lowest BCUT2D eigenvalue weighted by Gasteiger charge is -2.28. The number of ether oxygens (including phenoxy) is 4. The summed E-state index contributed by atoms with van der Waals surface area (Å²) in [5.41, 5.74) is -0.259. The highest BCUT2D eigenvalue weighted by molar-refractivity contribution is 6.32. The molecule has 9 nitrogen and oxygen atoms in total. The molecule has 1 heterocycles. The molecule has 186 valence electrons. The second-order valence-corrected chi connectivity index (χ2v) is 8.54. The van der Waals surface area contributed by atoms with Crippen molar-refractivity contribution in [3.05, 3.63) is 41.2 Å². The number of rotatable bonds is 11. The standard InChI is InChI=1S/C24H31ClN2O7/c1-13(2)11-19(34-16-7-8-17(25)20(12-16)32-6)15(4)33-24(30)14(3)27-23(29)21-22(28)18(31-5)9-10-26-21/h7-10,12-15,19,28H,11H2,1-6H3,(H,27,29)/t14-,15-,19+/m0/s1. The summed E-state index contributed by atoms with van der Waals surface area (Å²) in [6, 6.07) is 5.46. The predicted molar refractivity (Wildman–Crippen MR) is 127 cm³/mol. The normalized spacial score (nSPS) is 13.5. The number of carbonyl (C=O) groups excluding carboxylic acids is 2. The number of hydrogen-bond donors (Lipinski definition) is 2. The van der Waals surface area contributed by atoms with Gasteiger partial charge in [-0.05, 0) is 38.3 Å². The van der Waals surface area contributed by atoms with E-state index in [0.29, 0.717) is 22.9 Å². The Morgan fingerprint density at radius 2 is 1.76 bits per heavy atom. The van der Waals surface area contributed by atoms with Crippen molar-refractivity contribution < 1.29 is 33.6 Å². The summed E-state index contributed by atoms with van der Waals surface area (Å²) in [6.07, 6.45) is 0.848. The molecule has 1 amide bonds. The Hall–Kier alpha value is -3.20. The van der Waals surface area contributed by atoms with E-state index >= 15 is 0 Å². The van der Waals surface area contributed by atoms with Gasteiger partial charge in [0, 0.05) is 18.3 Å². The van der Waals surface area contributed by atoms with Crippen LogP contribution in [0.15, 0.2) is 30.5 Å². The van der Waals surface area contributed by atoms with E-state index in [1.807, 2.05) is 13.8 Å².